The molecule has 0 heterocycles. The second-order valence-electron chi connectivity index (χ2n) is 9.23. The average Bonchev–Trinajstić information content (AvgIpc) is 3.28. The van der Waals surface area contributed by atoms with Crippen molar-refractivity contribution in [3.63, 3.8) is 0 Å². The van der Waals surface area contributed by atoms with E-state index in [4.69, 9.17) is 0 Å². The van der Waals surface area contributed by atoms with Gasteiger partial charge in [-0.1, -0.05) is 60.9 Å². The van der Waals surface area contributed by atoms with E-state index in [1.54, 1.807) is 13.0 Å². The first-order chi connectivity index (χ1) is 16.1. The normalized spacial score (nSPS) is 15.1. The molecule has 0 saturated heterocycles. The zero-order chi connectivity index (χ0) is 24.9. The molecule has 0 aromatic heterocycles. The number of rotatable bonds is 9. The molecule has 184 valence electrons. The van der Waals surface area contributed by atoms with Gasteiger partial charge in [0.15, 0.2) is 0 Å². The fourth-order valence-corrected chi connectivity index (χ4v) is 5.34. The van der Waals surface area contributed by atoms with Crippen LogP contribution in [0.15, 0.2) is 48.5 Å². The van der Waals surface area contributed by atoms with E-state index in [2.05, 4.69) is 5.32 Å². The molecule has 2 aromatic rings. The van der Waals surface area contributed by atoms with Gasteiger partial charge in [-0.2, -0.15) is 0 Å². The number of carbonyl (C=O) groups is 2. The first-order valence-electron chi connectivity index (χ1n) is 11.7. The number of benzene rings is 2. The van der Waals surface area contributed by atoms with Gasteiger partial charge in [-0.05, 0) is 50.8 Å². The minimum Gasteiger partial charge on any atom is -0.352 e. The Kier molecular flexibility index (Phi) is 8.36. The van der Waals surface area contributed by atoms with Crippen molar-refractivity contribution in [1.82, 2.24) is 10.2 Å². The van der Waals surface area contributed by atoms with Gasteiger partial charge in [0.1, 0.15) is 12.6 Å². The molecule has 7 nitrogen and oxygen atoms in total. The molecule has 1 aliphatic rings. The maximum atomic E-state index is 13.6. The molecule has 0 aliphatic heterocycles. The van der Waals surface area contributed by atoms with Gasteiger partial charge in [-0.3, -0.25) is 13.9 Å². The highest BCUT2D eigenvalue weighted by Crippen LogP contribution is 2.24. The fourth-order valence-electron chi connectivity index (χ4n) is 4.43. The van der Waals surface area contributed by atoms with Crippen molar-refractivity contribution in [2.45, 2.75) is 65.1 Å². The number of sulfonamides is 1. The van der Waals surface area contributed by atoms with Crippen LogP contribution in [0.3, 0.4) is 0 Å². The summed E-state index contributed by atoms with van der Waals surface area (Å²) in [5.41, 5.74) is 3.10. The predicted molar refractivity (Wildman–Crippen MR) is 135 cm³/mol. The van der Waals surface area contributed by atoms with Crippen molar-refractivity contribution in [1.29, 1.82) is 0 Å². The zero-order valence-electron chi connectivity index (χ0n) is 20.5. The highest BCUT2D eigenvalue weighted by Gasteiger charge is 2.31. The summed E-state index contributed by atoms with van der Waals surface area (Å²) in [6, 6.07) is 14.2. The second kappa shape index (κ2) is 11.0. The first kappa shape index (κ1) is 25.7. The average molecular weight is 486 g/mol. The first-order valence-corrected chi connectivity index (χ1v) is 13.6. The molecular formula is C26H35N3O4S. The summed E-state index contributed by atoms with van der Waals surface area (Å²) in [6.45, 7) is 5.29. The molecule has 1 atom stereocenters. The van der Waals surface area contributed by atoms with Gasteiger partial charge in [-0.25, -0.2) is 8.42 Å². The Morgan fingerprint density at radius 3 is 2.29 bits per heavy atom. The Balaban J connectivity index is 1.88. The zero-order valence-corrected chi connectivity index (χ0v) is 21.3. The summed E-state index contributed by atoms with van der Waals surface area (Å²) in [6.07, 6.45) is 5.16. The van der Waals surface area contributed by atoms with E-state index >= 15 is 0 Å². The summed E-state index contributed by atoms with van der Waals surface area (Å²) in [4.78, 5) is 28.1. The van der Waals surface area contributed by atoms with Crippen molar-refractivity contribution in [3.05, 3.63) is 65.2 Å². The van der Waals surface area contributed by atoms with Gasteiger partial charge in [0.25, 0.3) is 0 Å². The maximum Gasteiger partial charge on any atom is 0.244 e. The summed E-state index contributed by atoms with van der Waals surface area (Å²) >= 11 is 0. The number of hydrogen-bond donors (Lipinski definition) is 1. The molecule has 3 rings (SSSR count). The second-order valence-corrected chi connectivity index (χ2v) is 11.1. The number of nitrogens with zero attached hydrogens (tertiary/aromatic N) is 2. The molecule has 1 N–H and O–H groups in total. The molecule has 2 amide bonds. The van der Waals surface area contributed by atoms with Gasteiger partial charge in [0.2, 0.25) is 21.8 Å². The number of aryl methyl sites for hydroxylation is 2. The molecule has 1 aliphatic carbocycles. The van der Waals surface area contributed by atoms with Gasteiger partial charge >= 0.3 is 0 Å². The predicted octanol–water partition coefficient (Wildman–Crippen LogP) is 3.55. The fraction of sp³-hybridized carbons (Fsp3) is 0.462. The Morgan fingerprint density at radius 2 is 1.71 bits per heavy atom. The summed E-state index contributed by atoms with van der Waals surface area (Å²) in [5, 5.41) is 3.07. The van der Waals surface area contributed by atoms with Crippen LogP contribution in [0.1, 0.15) is 49.3 Å². The van der Waals surface area contributed by atoms with Crippen LogP contribution in [-0.2, 0) is 26.2 Å². The third kappa shape index (κ3) is 6.59. The molecular weight excluding hydrogens is 450 g/mol. The summed E-state index contributed by atoms with van der Waals surface area (Å²) in [7, 11) is -3.73. The van der Waals surface area contributed by atoms with Crippen LogP contribution in [-0.4, -0.2) is 50.0 Å². The number of carbonyl (C=O) groups excluding carboxylic acids is 2. The molecule has 0 spiro atoms. The molecule has 0 radical (unpaired) electrons. The lowest BCUT2D eigenvalue weighted by Crippen LogP contribution is -2.52. The number of anilines is 1. The van der Waals surface area contributed by atoms with Crippen molar-refractivity contribution in [2.24, 2.45) is 0 Å². The highest BCUT2D eigenvalue weighted by atomic mass is 32.2. The Bertz CT molecular complexity index is 1110. The van der Waals surface area contributed by atoms with Crippen molar-refractivity contribution in [2.75, 3.05) is 17.1 Å². The van der Waals surface area contributed by atoms with Crippen LogP contribution in [0.25, 0.3) is 0 Å². The van der Waals surface area contributed by atoms with E-state index in [9.17, 15) is 18.0 Å². The molecule has 0 bridgehead atoms. The molecule has 2 aromatic carbocycles. The van der Waals surface area contributed by atoms with E-state index in [1.165, 1.54) is 4.90 Å². The van der Waals surface area contributed by atoms with Crippen molar-refractivity contribution < 1.29 is 18.0 Å². The van der Waals surface area contributed by atoms with Gasteiger partial charge in [-0.15, -0.1) is 0 Å². The number of hydrogen-bond acceptors (Lipinski definition) is 4. The van der Waals surface area contributed by atoms with Crippen LogP contribution >= 0.6 is 0 Å². The van der Waals surface area contributed by atoms with E-state index in [1.807, 2.05) is 56.3 Å². The smallest absolute Gasteiger partial charge is 0.244 e. The largest absolute Gasteiger partial charge is 0.352 e. The van der Waals surface area contributed by atoms with E-state index < -0.39 is 22.0 Å². The van der Waals surface area contributed by atoms with Crippen LogP contribution in [0.4, 0.5) is 5.69 Å². The standard InChI is InChI=1S/C26H35N3O4S/c1-19-14-15-24(20(2)16-19)29(34(4,32)33)18-25(30)28(17-22-10-6-5-7-11-22)21(3)26(31)27-23-12-8-9-13-23/h5-7,10-11,14-16,21,23H,8-9,12-13,17-18H2,1-4H3,(H,27,31)/t21-/m0/s1. The number of amides is 2. The van der Waals surface area contributed by atoms with Crippen molar-refractivity contribution in [3.8, 4) is 0 Å². The van der Waals surface area contributed by atoms with Crippen LogP contribution in [0, 0.1) is 13.8 Å². The molecule has 8 heteroatoms. The van der Waals surface area contributed by atoms with Gasteiger partial charge in [0.05, 0.1) is 11.9 Å². The number of nitrogens with one attached hydrogen (secondary N) is 1. The monoisotopic (exact) mass is 485 g/mol. The highest BCUT2D eigenvalue weighted by molar-refractivity contribution is 7.92. The van der Waals surface area contributed by atoms with Gasteiger partial charge < -0.3 is 10.2 Å². The van der Waals surface area contributed by atoms with Crippen LogP contribution in [0.5, 0.6) is 0 Å². The third-order valence-corrected chi connectivity index (χ3v) is 7.49. The lowest BCUT2D eigenvalue weighted by Gasteiger charge is -2.32. The Labute approximate surface area is 203 Å². The SMILES string of the molecule is Cc1ccc(N(CC(=O)N(Cc2ccccc2)[C@@H](C)C(=O)NC2CCCC2)S(C)(=O)=O)c(C)c1. The summed E-state index contributed by atoms with van der Waals surface area (Å²) in [5.74, 6) is -0.642. The van der Waals surface area contributed by atoms with Gasteiger partial charge in [0, 0.05) is 12.6 Å². The molecule has 1 fully saturated rings. The maximum absolute atomic E-state index is 13.6. The molecule has 1 saturated carbocycles. The molecule has 34 heavy (non-hydrogen) atoms. The van der Waals surface area contributed by atoms with Crippen LogP contribution in [0.2, 0.25) is 0 Å². The topological polar surface area (TPSA) is 86.8 Å². The van der Waals surface area contributed by atoms with E-state index in [0.29, 0.717) is 5.69 Å². The minimum atomic E-state index is -3.73. The quantitative estimate of drug-likeness (QED) is 0.589. The van der Waals surface area contributed by atoms with E-state index in [0.717, 1.165) is 52.9 Å². The minimum absolute atomic E-state index is 0.131. The van der Waals surface area contributed by atoms with Crippen molar-refractivity contribution >= 4 is 27.5 Å². The molecule has 0 unspecified atom stereocenters. The third-order valence-electron chi connectivity index (χ3n) is 6.36. The Hall–Kier alpha value is -2.87. The van der Waals surface area contributed by atoms with Crippen LogP contribution < -0.4 is 9.62 Å². The lowest BCUT2D eigenvalue weighted by molar-refractivity contribution is -0.139. The lowest BCUT2D eigenvalue weighted by atomic mass is 10.1. The Morgan fingerprint density at radius 1 is 1.06 bits per heavy atom. The van der Waals surface area contributed by atoms with E-state index in [-0.39, 0.29) is 25.0 Å². The summed E-state index contributed by atoms with van der Waals surface area (Å²) < 4.78 is 26.5.